The maximum Gasteiger partial charge on any atom is 0.237 e. The van der Waals surface area contributed by atoms with Crippen LogP contribution in [0, 0.1) is 6.92 Å². The number of hydrogen-bond acceptors (Lipinski definition) is 5. The first-order valence-corrected chi connectivity index (χ1v) is 8.83. The second-order valence-electron chi connectivity index (χ2n) is 6.40. The van der Waals surface area contributed by atoms with Crippen molar-refractivity contribution >= 4 is 28.4 Å². The smallest absolute Gasteiger partial charge is 0.237 e. The van der Waals surface area contributed by atoms with Crippen LogP contribution in [0.15, 0.2) is 28.8 Å². The van der Waals surface area contributed by atoms with E-state index in [0.717, 1.165) is 35.3 Å². The zero-order chi connectivity index (χ0) is 18.1. The zero-order valence-electron chi connectivity index (χ0n) is 14.3. The van der Waals surface area contributed by atoms with Crippen LogP contribution < -0.4 is 15.4 Å². The highest BCUT2D eigenvalue weighted by Crippen LogP contribution is 2.31. The number of benzene rings is 1. The fourth-order valence-corrected chi connectivity index (χ4v) is 3.08. The number of amides is 1. The van der Waals surface area contributed by atoms with Crippen molar-refractivity contribution in [3.63, 3.8) is 0 Å². The van der Waals surface area contributed by atoms with Crippen LogP contribution in [-0.4, -0.2) is 28.6 Å². The van der Waals surface area contributed by atoms with Gasteiger partial charge in [0.2, 0.25) is 5.91 Å². The first-order valence-electron chi connectivity index (χ1n) is 8.46. The lowest BCUT2D eigenvalue weighted by atomic mass is 10.1. The van der Waals surface area contributed by atoms with E-state index in [1.54, 1.807) is 0 Å². The Morgan fingerprint density at radius 1 is 1.42 bits per heavy atom. The number of nitrogens with one attached hydrogen (secondary N) is 3. The van der Waals surface area contributed by atoms with E-state index in [0.29, 0.717) is 23.1 Å². The van der Waals surface area contributed by atoms with Gasteiger partial charge in [0.1, 0.15) is 12.4 Å². The molecule has 0 spiro atoms. The summed E-state index contributed by atoms with van der Waals surface area (Å²) in [7, 11) is 0. The van der Waals surface area contributed by atoms with Gasteiger partial charge >= 0.3 is 0 Å². The topological polar surface area (TPSA) is 92.2 Å². The number of rotatable bonds is 6. The summed E-state index contributed by atoms with van der Waals surface area (Å²) in [5.41, 5.74) is 2.61. The van der Waals surface area contributed by atoms with Crippen LogP contribution in [0.3, 0.4) is 0 Å². The van der Waals surface area contributed by atoms with Gasteiger partial charge in [0.25, 0.3) is 0 Å². The quantitative estimate of drug-likeness (QED) is 0.617. The molecule has 0 bridgehead atoms. The molecule has 26 heavy (non-hydrogen) atoms. The number of carbonyl (C=O) groups excluding carboxylic acids is 1. The van der Waals surface area contributed by atoms with Crippen LogP contribution in [0.2, 0.25) is 5.02 Å². The number of H-pyrrole nitrogens is 1. The number of aromatic amines is 1. The Hall–Kier alpha value is -2.51. The minimum atomic E-state index is -0.0615. The number of nitrogens with zero attached hydrogens (tertiary/aromatic N) is 1. The van der Waals surface area contributed by atoms with E-state index < -0.39 is 0 Å². The van der Waals surface area contributed by atoms with Gasteiger partial charge in [-0.05, 0) is 32.0 Å². The molecule has 4 rings (SSSR count). The SMILES string of the molecule is Cc1cc(COc2cc3[nH]c(CNC(=O)C4CCN4)cc3cc2Cl)on1. The molecule has 1 atom stereocenters. The third-order valence-corrected chi connectivity index (χ3v) is 4.66. The normalized spacial score (nSPS) is 16.5. The summed E-state index contributed by atoms with van der Waals surface area (Å²) in [6, 6.07) is 7.42. The zero-order valence-corrected chi connectivity index (χ0v) is 15.0. The second-order valence-corrected chi connectivity index (χ2v) is 6.81. The number of aromatic nitrogens is 2. The molecule has 1 saturated heterocycles. The van der Waals surface area contributed by atoms with E-state index in [1.165, 1.54) is 0 Å². The Balaban J connectivity index is 1.44. The Labute approximate surface area is 155 Å². The molecule has 0 aliphatic carbocycles. The van der Waals surface area contributed by atoms with Crippen molar-refractivity contribution in [1.82, 2.24) is 20.8 Å². The summed E-state index contributed by atoms with van der Waals surface area (Å²) in [6.45, 7) is 3.45. The fraction of sp³-hybridized carbons (Fsp3) is 0.333. The van der Waals surface area contributed by atoms with Gasteiger partial charge in [0.15, 0.2) is 5.76 Å². The van der Waals surface area contributed by atoms with Gasteiger partial charge in [-0.1, -0.05) is 16.8 Å². The van der Waals surface area contributed by atoms with Crippen molar-refractivity contribution in [3.8, 4) is 5.75 Å². The van der Waals surface area contributed by atoms with Crippen LogP contribution in [0.1, 0.15) is 23.6 Å². The number of fused-ring (bicyclic) bond motifs is 1. The summed E-state index contributed by atoms with van der Waals surface area (Å²) in [5, 5.41) is 11.3. The maximum atomic E-state index is 11.9. The maximum absolute atomic E-state index is 11.9. The van der Waals surface area contributed by atoms with Gasteiger partial charge < -0.3 is 24.9 Å². The first kappa shape index (κ1) is 16.9. The lowest BCUT2D eigenvalue weighted by Gasteiger charge is -2.26. The van der Waals surface area contributed by atoms with Crippen LogP contribution >= 0.6 is 11.6 Å². The Kier molecular flexibility index (Phi) is 4.57. The average Bonchev–Trinajstić information content (AvgIpc) is 3.14. The van der Waals surface area contributed by atoms with Crippen molar-refractivity contribution < 1.29 is 14.1 Å². The Morgan fingerprint density at radius 3 is 2.96 bits per heavy atom. The average molecular weight is 375 g/mol. The summed E-state index contributed by atoms with van der Waals surface area (Å²) in [4.78, 5) is 15.2. The van der Waals surface area contributed by atoms with E-state index in [4.69, 9.17) is 20.9 Å². The van der Waals surface area contributed by atoms with Gasteiger partial charge in [-0.2, -0.15) is 0 Å². The second kappa shape index (κ2) is 7.01. The molecule has 1 amide bonds. The van der Waals surface area contributed by atoms with E-state index in [9.17, 15) is 4.79 Å². The standard InChI is InChI=1S/C18H19ClN4O3/c1-10-4-13(26-23-10)9-25-17-7-16-11(6-14(17)19)5-12(22-16)8-21-18(24)15-2-3-20-15/h4-7,15,20,22H,2-3,8-9H2,1H3,(H,21,24). The number of carbonyl (C=O) groups is 1. The molecule has 1 unspecified atom stereocenters. The molecule has 3 heterocycles. The molecule has 3 N–H and O–H groups in total. The first-order chi connectivity index (χ1) is 12.6. The van der Waals surface area contributed by atoms with Crippen molar-refractivity contribution in [1.29, 1.82) is 0 Å². The molecule has 0 saturated carbocycles. The Morgan fingerprint density at radius 2 is 2.27 bits per heavy atom. The summed E-state index contributed by atoms with van der Waals surface area (Å²) in [5.74, 6) is 1.22. The number of aryl methyl sites for hydroxylation is 1. The predicted molar refractivity (Wildman–Crippen MR) is 97.1 cm³/mol. The number of ether oxygens (including phenoxy) is 1. The van der Waals surface area contributed by atoms with Crippen LogP contribution in [0.25, 0.3) is 10.9 Å². The molecular weight excluding hydrogens is 356 g/mol. The highest BCUT2D eigenvalue weighted by atomic mass is 35.5. The minimum absolute atomic E-state index is 0.0271. The van der Waals surface area contributed by atoms with Gasteiger partial charge in [-0.25, -0.2) is 0 Å². The van der Waals surface area contributed by atoms with Crippen molar-refractivity contribution in [2.45, 2.75) is 32.5 Å². The van der Waals surface area contributed by atoms with E-state index in [-0.39, 0.29) is 18.6 Å². The van der Waals surface area contributed by atoms with Crippen LogP contribution in [0.4, 0.5) is 0 Å². The predicted octanol–water partition coefficient (Wildman–Crippen LogP) is 2.67. The van der Waals surface area contributed by atoms with Crippen molar-refractivity contribution in [2.24, 2.45) is 0 Å². The highest BCUT2D eigenvalue weighted by Gasteiger charge is 2.24. The lowest BCUT2D eigenvalue weighted by Crippen LogP contribution is -2.52. The van der Waals surface area contributed by atoms with E-state index >= 15 is 0 Å². The van der Waals surface area contributed by atoms with Gasteiger partial charge in [0.05, 0.1) is 23.3 Å². The summed E-state index contributed by atoms with van der Waals surface area (Å²) in [6.07, 6.45) is 0.888. The minimum Gasteiger partial charge on any atom is -0.484 e. The molecule has 2 aromatic heterocycles. The fourth-order valence-electron chi connectivity index (χ4n) is 2.85. The van der Waals surface area contributed by atoms with E-state index in [2.05, 4.69) is 20.8 Å². The number of hydrogen-bond donors (Lipinski definition) is 3. The molecule has 8 heteroatoms. The summed E-state index contributed by atoms with van der Waals surface area (Å²) < 4.78 is 10.9. The van der Waals surface area contributed by atoms with Crippen molar-refractivity contribution in [2.75, 3.05) is 6.54 Å². The molecule has 0 radical (unpaired) electrons. The van der Waals surface area contributed by atoms with E-state index in [1.807, 2.05) is 31.2 Å². The molecule has 1 aromatic carbocycles. The lowest BCUT2D eigenvalue weighted by molar-refractivity contribution is -0.124. The van der Waals surface area contributed by atoms with Crippen LogP contribution in [0.5, 0.6) is 5.75 Å². The summed E-state index contributed by atoms with van der Waals surface area (Å²) >= 11 is 6.32. The third kappa shape index (κ3) is 3.54. The molecule has 3 aromatic rings. The largest absolute Gasteiger partial charge is 0.484 e. The molecular formula is C18H19ClN4O3. The van der Waals surface area contributed by atoms with Gasteiger partial charge in [-0.15, -0.1) is 0 Å². The monoisotopic (exact) mass is 374 g/mol. The molecule has 1 fully saturated rings. The molecule has 7 nitrogen and oxygen atoms in total. The number of halogens is 1. The van der Waals surface area contributed by atoms with Crippen LogP contribution in [-0.2, 0) is 17.9 Å². The molecule has 1 aliphatic rings. The van der Waals surface area contributed by atoms with Crippen molar-refractivity contribution in [3.05, 3.63) is 46.4 Å². The Bertz CT molecular complexity index is 945. The van der Waals surface area contributed by atoms with Gasteiger partial charge in [0, 0.05) is 28.7 Å². The molecule has 1 aliphatic heterocycles. The van der Waals surface area contributed by atoms with Gasteiger partial charge in [-0.3, -0.25) is 4.79 Å². The third-order valence-electron chi connectivity index (χ3n) is 4.37. The molecule has 136 valence electrons. The highest BCUT2D eigenvalue weighted by molar-refractivity contribution is 6.32.